The average molecular weight is 477 g/mol. The lowest BCUT2D eigenvalue weighted by Gasteiger charge is -2.50. The first kappa shape index (κ1) is 25.0. The maximum absolute atomic E-state index is 13.0. The Labute approximate surface area is 194 Å². The molecule has 0 saturated carbocycles. The van der Waals surface area contributed by atoms with Crippen LogP contribution in [-0.2, 0) is 30.2 Å². The molecule has 180 valence electrons. The number of fused-ring (bicyclic) bond motifs is 1. The van der Waals surface area contributed by atoms with E-state index in [0.29, 0.717) is 5.56 Å². The summed E-state index contributed by atoms with van der Waals surface area (Å²) in [6, 6.07) is 3.95. The first-order chi connectivity index (χ1) is 15.2. The second kappa shape index (κ2) is 8.64. The summed E-state index contributed by atoms with van der Waals surface area (Å²) in [5, 5.41) is 10.7. The Morgan fingerprint density at radius 3 is 2.30 bits per heavy atom. The van der Waals surface area contributed by atoms with Crippen molar-refractivity contribution in [2.45, 2.75) is 77.5 Å². The van der Waals surface area contributed by atoms with Crippen LogP contribution < -0.4 is 0 Å². The molecular weight excluding hydrogens is 444 g/mol. The van der Waals surface area contributed by atoms with Crippen molar-refractivity contribution in [2.75, 3.05) is 0 Å². The van der Waals surface area contributed by atoms with Gasteiger partial charge < -0.3 is 14.1 Å². The molecular formula is C23H32N2O7Si. The van der Waals surface area contributed by atoms with Crippen LogP contribution in [0.1, 0.15) is 40.2 Å². The second-order valence-electron chi connectivity index (χ2n) is 10.5. The Morgan fingerprint density at radius 1 is 1.21 bits per heavy atom. The molecule has 0 spiro atoms. The number of nitrogens with zero attached hydrogens (tertiary/aromatic N) is 2. The number of non-ortho nitro benzene ring substituents is 1. The number of carbonyl (C=O) groups excluding carboxylic acids is 3. The second-order valence-corrected chi connectivity index (χ2v) is 15.2. The van der Waals surface area contributed by atoms with Crippen molar-refractivity contribution in [2.24, 2.45) is 11.8 Å². The highest BCUT2D eigenvalue weighted by molar-refractivity contribution is 6.74. The SMILES string of the molecule is CC(O[Si](C)(C)C(C)(C)C)[C@H]1C(=O)N2C(C(=O)OCc3ccc([N+](=O)[O-])cc3)C(=O)[C@@H](C)[C@H]12. The summed E-state index contributed by atoms with van der Waals surface area (Å²) in [5.74, 6) is -2.33. The van der Waals surface area contributed by atoms with Crippen LogP contribution in [-0.4, -0.2) is 54.0 Å². The number of β-lactam (4-membered cyclic amide) rings is 1. The minimum absolute atomic E-state index is 0.0188. The Kier molecular flexibility index (Phi) is 6.56. The number of ketones is 1. The maximum Gasteiger partial charge on any atom is 0.337 e. The molecule has 2 aliphatic heterocycles. The van der Waals surface area contributed by atoms with Crippen molar-refractivity contribution in [3.8, 4) is 0 Å². The van der Waals surface area contributed by atoms with Crippen molar-refractivity contribution >= 4 is 31.7 Å². The molecule has 1 amide bonds. The van der Waals surface area contributed by atoms with Gasteiger partial charge in [0, 0.05) is 18.1 Å². The molecule has 2 aliphatic rings. The minimum Gasteiger partial charge on any atom is -0.459 e. The van der Waals surface area contributed by atoms with Crippen molar-refractivity contribution < 1.29 is 28.5 Å². The Balaban J connectivity index is 1.68. The lowest BCUT2D eigenvalue weighted by atomic mass is 9.79. The highest BCUT2D eigenvalue weighted by atomic mass is 28.4. The number of ether oxygens (including phenoxy) is 1. The molecule has 0 bridgehead atoms. The van der Waals surface area contributed by atoms with Gasteiger partial charge in [-0.25, -0.2) is 4.79 Å². The molecule has 1 aromatic rings. The number of benzene rings is 1. The van der Waals surface area contributed by atoms with Gasteiger partial charge in [-0.3, -0.25) is 19.7 Å². The van der Waals surface area contributed by atoms with Crippen LogP contribution in [0.4, 0.5) is 5.69 Å². The zero-order valence-electron chi connectivity index (χ0n) is 20.2. The molecule has 2 heterocycles. The molecule has 33 heavy (non-hydrogen) atoms. The summed E-state index contributed by atoms with van der Waals surface area (Å²) in [7, 11) is -2.12. The quantitative estimate of drug-likeness (QED) is 0.148. The first-order valence-electron chi connectivity index (χ1n) is 11.1. The van der Waals surface area contributed by atoms with Gasteiger partial charge in [0.05, 0.1) is 23.0 Å². The molecule has 0 radical (unpaired) electrons. The fourth-order valence-corrected chi connectivity index (χ4v) is 5.76. The predicted octanol–water partition coefficient (Wildman–Crippen LogP) is 3.46. The van der Waals surface area contributed by atoms with E-state index in [-0.39, 0.29) is 41.2 Å². The molecule has 2 fully saturated rings. The van der Waals surface area contributed by atoms with E-state index in [1.54, 1.807) is 6.92 Å². The lowest BCUT2D eigenvalue weighted by molar-refractivity contribution is -0.384. The molecule has 0 N–H and O–H groups in total. The summed E-state index contributed by atoms with van der Waals surface area (Å²) in [5.41, 5.74) is 0.479. The van der Waals surface area contributed by atoms with E-state index in [9.17, 15) is 24.5 Å². The zero-order chi connectivity index (χ0) is 24.9. The third kappa shape index (κ3) is 4.46. The molecule has 9 nitrogen and oxygen atoms in total. The van der Waals surface area contributed by atoms with Crippen LogP contribution in [0.2, 0.25) is 18.1 Å². The Morgan fingerprint density at radius 2 is 1.79 bits per heavy atom. The van der Waals surface area contributed by atoms with E-state index in [2.05, 4.69) is 33.9 Å². The van der Waals surface area contributed by atoms with Gasteiger partial charge in [-0.1, -0.05) is 27.7 Å². The summed E-state index contributed by atoms with van der Waals surface area (Å²) in [4.78, 5) is 50.3. The van der Waals surface area contributed by atoms with E-state index in [1.807, 2.05) is 6.92 Å². The largest absolute Gasteiger partial charge is 0.459 e. The minimum atomic E-state index is -2.12. The first-order valence-corrected chi connectivity index (χ1v) is 14.0. The van der Waals surface area contributed by atoms with E-state index in [4.69, 9.17) is 9.16 Å². The van der Waals surface area contributed by atoms with Gasteiger partial charge in [0.1, 0.15) is 6.61 Å². The third-order valence-electron chi connectivity index (χ3n) is 7.28. The predicted molar refractivity (Wildman–Crippen MR) is 123 cm³/mol. The standard InChI is InChI=1S/C23H32N2O7Si/c1-13-18-17(14(2)32-33(6,7)23(3,4)5)21(27)24(18)19(20(13)26)22(28)31-12-15-8-10-16(11-9-15)25(29)30/h8-11,13-14,17-19H,12H2,1-7H3/t13-,14?,17+,18+,19?/m0/s1. The van der Waals surface area contributed by atoms with Gasteiger partial charge in [0.25, 0.3) is 5.69 Å². The highest BCUT2D eigenvalue weighted by Crippen LogP contribution is 2.46. The monoisotopic (exact) mass is 476 g/mol. The summed E-state index contributed by atoms with van der Waals surface area (Å²) >= 11 is 0. The molecule has 0 aromatic heterocycles. The van der Waals surface area contributed by atoms with E-state index in [1.165, 1.54) is 29.2 Å². The molecule has 5 atom stereocenters. The molecule has 1 aromatic carbocycles. The van der Waals surface area contributed by atoms with Crippen molar-refractivity contribution in [1.29, 1.82) is 0 Å². The number of hydrogen-bond donors (Lipinski definition) is 0. The van der Waals surface area contributed by atoms with E-state index >= 15 is 0 Å². The van der Waals surface area contributed by atoms with Gasteiger partial charge in [-0.05, 0) is 42.8 Å². The maximum atomic E-state index is 13.0. The van der Waals surface area contributed by atoms with Crippen molar-refractivity contribution in [3.63, 3.8) is 0 Å². The number of amides is 1. The number of hydrogen-bond acceptors (Lipinski definition) is 7. The number of rotatable bonds is 7. The number of esters is 1. The van der Waals surface area contributed by atoms with Crippen LogP contribution in [0.3, 0.4) is 0 Å². The van der Waals surface area contributed by atoms with Crippen molar-refractivity contribution in [3.05, 3.63) is 39.9 Å². The van der Waals surface area contributed by atoms with Crippen LogP contribution in [0, 0.1) is 22.0 Å². The summed E-state index contributed by atoms with van der Waals surface area (Å²) < 4.78 is 11.7. The molecule has 10 heteroatoms. The highest BCUT2D eigenvalue weighted by Gasteiger charge is 2.65. The van der Waals surface area contributed by atoms with Gasteiger partial charge in [0.2, 0.25) is 5.91 Å². The number of carbonyl (C=O) groups is 3. The van der Waals surface area contributed by atoms with Gasteiger partial charge in [-0.2, -0.15) is 0 Å². The Bertz CT molecular complexity index is 970. The summed E-state index contributed by atoms with van der Waals surface area (Å²) in [6.07, 6.45) is -0.357. The summed E-state index contributed by atoms with van der Waals surface area (Å²) in [6.45, 7) is 14.1. The van der Waals surface area contributed by atoms with Crippen molar-refractivity contribution in [1.82, 2.24) is 4.90 Å². The van der Waals surface area contributed by atoms with Crippen LogP contribution >= 0.6 is 0 Å². The molecule has 2 unspecified atom stereocenters. The molecule has 3 rings (SSSR count). The van der Waals surface area contributed by atoms with Gasteiger partial charge in [-0.15, -0.1) is 0 Å². The number of nitro groups is 1. The molecule has 0 aliphatic carbocycles. The van der Waals surface area contributed by atoms with Gasteiger partial charge >= 0.3 is 5.97 Å². The van der Waals surface area contributed by atoms with Crippen LogP contribution in [0.25, 0.3) is 0 Å². The van der Waals surface area contributed by atoms with Gasteiger partial charge in [0.15, 0.2) is 20.1 Å². The zero-order valence-corrected chi connectivity index (χ0v) is 21.2. The van der Waals surface area contributed by atoms with E-state index < -0.39 is 37.1 Å². The Hall–Kier alpha value is -2.59. The normalized spacial score (nSPS) is 26.0. The average Bonchev–Trinajstić information content (AvgIpc) is 2.93. The number of Topliss-reactive ketones (excluding diaryl/α,β-unsaturated/α-hetero) is 1. The van der Waals surface area contributed by atoms with E-state index in [0.717, 1.165) is 0 Å². The van der Waals surface area contributed by atoms with Crippen LogP contribution in [0.15, 0.2) is 24.3 Å². The third-order valence-corrected chi connectivity index (χ3v) is 11.9. The fourth-order valence-electron chi connectivity index (χ4n) is 4.33. The number of nitro benzene ring substituents is 1. The fraction of sp³-hybridized carbons (Fsp3) is 0.609. The lowest BCUT2D eigenvalue weighted by Crippen LogP contribution is -2.67. The smallest absolute Gasteiger partial charge is 0.337 e. The van der Waals surface area contributed by atoms with Crippen LogP contribution in [0.5, 0.6) is 0 Å². The molecule has 2 saturated heterocycles. The topological polar surface area (TPSA) is 116 Å².